The van der Waals surface area contributed by atoms with Crippen molar-refractivity contribution in [1.82, 2.24) is 5.32 Å². The second kappa shape index (κ2) is 13.5. The molecule has 0 spiro atoms. The van der Waals surface area contributed by atoms with Crippen molar-refractivity contribution in [2.45, 2.75) is 13.0 Å². The molecule has 0 bridgehead atoms. The van der Waals surface area contributed by atoms with Crippen molar-refractivity contribution in [1.29, 1.82) is 0 Å². The first-order valence-corrected chi connectivity index (χ1v) is 14.2. The standard InChI is InChI=1S/C35H36N4O3/c1-26(28-13-7-4-8-14-28)36-35(41)30-25-29(37-34(40)20-17-27-11-5-3-6-12-27)18-19-31(30)38-21-23-39(24-22-38)32-15-9-10-16-33(32)42-2/h3-20,25-26H,21-24H2,1-2H3,(H,36,41)(H,37,40). The first kappa shape index (κ1) is 28.5. The summed E-state index contributed by atoms with van der Waals surface area (Å²) in [6.45, 7) is 5.00. The predicted octanol–water partition coefficient (Wildman–Crippen LogP) is 6.16. The van der Waals surface area contributed by atoms with Crippen LogP contribution in [-0.2, 0) is 4.79 Å². The van der Waals surface area contributed by atoms with Gasteiger partial charge < -0.3 is 25.2 Å². The number of carbonyl (C=O) groups excluding carboxylic acids is 2. The normalized spacial score (nSPS) is 14.0. The number of anilines is 3. The molecule has 1 unspecified atom stereocenters. The van der Waals surface area contributed by atoms with Gasteiger partial charge in [0.25, 0.3) is 5.91 Å². The Kier molecular flexibility index (Phi) is 9.19. The van der Waals surface area contributed by atoms with Gasteiger partial charge in [-0.3, -0.25) is 9.59 Å². The van der Waals surface area contributed by atoms with Crippen LogP contribution < -0.4 is 25.2 Å². The molecule has 0 aromatic heterocycles. The van der Waals surface area contributed by atoms with Gasteiger partial charge in [-0.25, -0.2) is 0 Å². The zero-order valence-electron chi connectivity index (χ0n) is 24.0. The predicted molar refractivity (Wildman–Crippen MR) is 170 cm³/mol. The minimum Gasteiger partial charge on any atom is -0.495 e. The Labute approximate surface area is 247 Å². The van der Waals surface area contributed by atoms with Crippen molar-refractivity contribution in [3.8, 4) is 5.75 Å². The molecule has 0 radical (unpaired) electrons. The second-order valence-electron chi connectivity index (χ2n) is 10.2. The maximum Gasteiger partial charge on any atom is 0.253 e. The average Bonchev–Trinajstić information content (AvgIpc) is 3.04. The number of amides is 2. The molecule has 1 heterocycles. The van der Waals surface area contributed by atoms with E-state index in [0.29, 0.717) is 11.3 Å². The van der Waals surface area contributed by atoms with E-state index in [1.54, 1.807) is 19.3 Å². The molecule has 4 aromatic rings. The van der Waals surface area contributed by atoms with E-state index in [1.807, 2.05) is 97.9 Å². The van der Waals surface area contributed by atoms with Crippen LogP contribution in [0.4, 0.5) is 17.1 Å². The van der Waals surface area contributed by atoms with E-state index >= 15 is 0 Å². The van der Waals surface area contributed by atoms with Gasteiger partial charge >= 0.3 is 0 Å². The van der Waals surface area contributed by atoms with Crippen LogP contribution in [-0.4, -0.2) is 45.1 Å². The van der Waals surface area contributed by atoms with Crippen LogP contribution in [0.25, 0.3) is 6.08 Å². The second-order valence-corrected chi connectivity index (χ2v) is 10.2. The molecular formula is C35H36N4O3. The summed E-state index contributed by atoms with van der Waals surface area (Å²) in [4.78, 5) is 31.0. The van der Waals surface area contributed by atoms with E-state index in [2.05, 4.69) is 26.5 Å². The highest BCUT2D eigenvalue weighted by molar-refractivity contribution is 6.05. The topological polar surface area (TPSA) is 73.9 Å². The number of methoxy groups -OCH3 is 1. The van der Waals surface area contributed by atoms with Gasteiger partial charge in [-0.1, -0.05) is 72.8 Å². The Morgan fingerprint density at radius 3 is 2.10 bits per heavy atom. The molecule has 1 saturated heterocycles. The third-order valence-corrected chi connectivity index (χ3v) is 7.43. The van der Waals surface area contributed by atoms with Crippen molar-refractivity contribution < 1.29 is 14.3 Å². The smallest absolute Gasteiger partial charge is 0.253 e. The Hall–Kier alpha value is -5.04. The molecule has 2 N–H and O–H groups in total. The molecule has 1 fully saturated rings. The molecule has 1 aliphatic heterocycles. The first-order chi connectivity index (χ1) is 20.5. The Morgan fingerprint density at radius 2 is 1.40 bits per heavy atom. The molecule has 7 nitrogen and oxygen atoms in total. The lowest BCUT2D eigenvalue weighted by molar-refractivity contribution is -0.111. The lowest BCUT2D eigenvalue weighted by Gasteiger charge is -2.38. The van der Waals surface area contributed by atoms with Crippen LogP contribution in [0.2, 0.25) is 0 Å². The van der Waals surface area contributed by atoms with E-state index in [-0.39, 0.29) is 17.9 Å². The lowest BCUT2D eigenvalue weighted by Crippen LogP contribution is -2.47. The minimum absolute atomic E-state index is 0.180. The number of benzene rings is 4. The van der Waals surface area contributed by atoms with Gasteiger partial charge in [-0.05, 0) is 54.5 Å². The molecule has 42 heavy (non-hydrogen) atoms. The highest BCUT2D eigenvalue weighted by Gasteiger charge is 2.24. The van der Waals surface area contributed by atoms with Gasteiger partial charge in [-0.2, -0.15) is 0 Å². The van der Waals surface area contributed by atoms with Crippen molar-refractivity contribution in [2.24, 2.45) is 0 Å². The molecule has 5 rings (SSSR count). The monoisotopic (exact) mass is 560 g/mol. The van der Waals surface area contributed by atoms with Crippen molar-refractivity contribution in [2.75, 3.05) is 48.4 Å². The number of piperazine rings is 1. The van der Waals surface area contributed by atoms with E-state index < -0.39 is 0 Å². The minimum atomic E-state index is -0.263. The maximum atomic E-state index is 13.7. The van der Waals surface area contributed by atoms with E-state index in [4.69, 9.17) is 4.74 Å². The molecule has 214 valence electrons. The van der Waals surface area contributed by atoms with Gasteiger partial charge in [0, 0.05) is 43.6 Å². The number of rotatable bonds is 9. The molecular weight excluding hydrogens is 524 g/mol. The number of nitrogens with one attached hydrogen (secondary N) is 2. The molecule has 7 heteroatoms. The highest BCUT2D eigenvalue weighted by atomic mass is 16.5. The van der Waals surface area contributed by atoms with Gasteiger partial charge in [0.2, 0.25) is 5.91 Å². The van der Waals surface area contributed by atoms with Crippen molar-refractivity contribution >= 4 is 35.0 Å². The van der Waals surface area contributed by atoms with Gasteiger partial charge in [0.1, 0.15) is 5.75 Å². The summed E-state index contributed by atoms with van der Waals surface area (Å²) >= 11 is 0. The zero-order valence-corrected chi connectivity index (χ0v) is 24.0. The van der Waals surface area contributed by atoms with Gasteiger partial charge in [-0.15, -0.1) is 0 Å². The number of nitrogens with zero attached hydrogens (tertiary/aromatic N) is 2. The summed E-state index contributed by atoms with van der Waals surface area (Å²) < 4.78 is 5.57. The van der Waals surface area contributed by atoms with Gasteiger partial charge in [0.15, 0.2) is 0 Å². The number of hydrogen-bond acceptors (Lipinski definition) is 5. The number of hydrogen-bond donors (Lipinski definition) is 2. The lowest BCUT2D eigenvalue weighted by atomic mass is 10.1. The summed E-state index contributed by atoms with van der Waals surface area (Å²) in [5, 5.41) is 6.07. The van der Waals surface area contributed by atoms with Crippen LogP contribution in [0.1, 0.15) is 34.5 Å². The van der Waals surface area contributed by atoms with Gasteiger partial charge in [0.05, 0.1) is 24.4 Å². The molecule has 4 aromatic carbocycles. The van der Waals surface area contributed by atoms with Crippen molar-refractivity contribution in [3.05, 3.63) is 126 Å². The van der Waals surface area contributed by atoms with E-state index in [9.17, 15) is 9.59 Å². The quantitative estimate of drug-likeness (QED) is 0.240. The SMILES string of the molecule is COc1ccccc1N1CCN(c2ccc(NC(=O)C=Cc3ccccc3)cc2C(=O)NC(C)c2ccccc2)CC1. The molecule has 0 saturated carbocycles. The number of carbonyl (C=O) groups is 2. The summed E-state index contributed by atoms with van der Waals surface area (Å²) in [6, 6.07) is 32.9. The van der Waals surface area contributed by atoms with Crippen LogP contribution in [0.15, 0.2) is 109 Å². The maximum absolute atomic E-state index is 13.7. The van der Waals surface area contributed by atoms with Crippen LogP contribution >= 0.6 is 0 Å². The fourth-order valence-corrected chi connectivity index (χ4v) is 5.17. The Bertz CT molecular complexity index is 1530. The Balaban J connectivity index is 1.36. The fourth-order valence-electron chi connectivity index (χ4n) is 5.17. The third kappa shape index (κ3) is 6.99. The Morgan fingerprint density at radius 1 is 0.786 bits per heavy atom. The molecule has 0 aliphatic carbocycles. The highest BCUT2D eigenvalue weighted by Crippen LogP contribution is 2.31. The largest absolute Gasteiger partial charge is 0.495 e. The number of ether oxygens (including phenoxy) is 1. The molecule has 1 atom stereocenters. The summed E-state index contributed by atoms with van der Waals surface area (Å²) in [5.74, 6) is 0.396. The van der Waals surface area contributed by atoms with Crippen LogP contribution in [0.5, 0.6) is 5.75 Å². The van der Waals surface area contributed by atoms with E-state index in [1.165, 1.54) is 6.08 Å². The summed E-state index contributed by atoms with van der Waals surface area (Å²) in [7, 11) is 1.69. The number of para-hydroxylation sites is 2. The summed E-state index contributed by atoms with van der Waals surface area (Å²) in [5.41, 5.74) is 4.94. The summed E-state index contributed by atoms with van der Waals surface area (Å²) in [6.07, 6.45) is 3.26. The van der Waals surface area contributed by atoms with E-state index in [0.717, 1.165) is 54.4 Å². The van der Waals surface area contributed by atoms with Crippen LogP contribution in [0, 0.1) is 0 Å². The third-order valence-electron chi connectivity index (χ3n) is 7.43. The van der Waals surface area contributed by atoms with Crippen molar-refractivity contribution in [3.63, 3.8) is 0 Å². The van der Waals surface area contributed by atoms with Crippen LogP contribution in [0.3, 0.4) is 0 Å². The molecule has 2 amide bonds. The molecule has 1 aliphatic rings. The zero-order chi connectivity index (χ0) is 29.3. The fraction of sp³-hybridized carbons (Fsp3) is 0.200. The average molecular weight is 561 g/mol. The first-order valence-electron chi connectivity index (χ1n) is 14.2.